The van der Waals surface area contributed by atoms with Crippen LogP contribution in [-0.2, 0) is 4.74 Å². The molecule has 242 valence electrons. The third-order valence-electron chi connectivity index (χ3n) is 8.38. The van der Waals surface area contributed by atoms with Gasteiger partial charge in [-0.1, -0.05) is 0 Å². The van der Waals surface area contributed by atoms with Crippen molar-refractivity contribution in [2.24, 2.45) is 10.9 Å². The van der Waals surface area contributed by atoms with Crippen molar-refractivity contribution in [3.05, 3.63) is 35.4 Å². The maximum atomic E-state index is 14.1. The van der Waals surface area contributed by atoms with Gasteiger partial charge in [0.1, 0.15) is 11.3 Å². The molecule has 3 amide bonds. The standard InChI is InChI=1S/C27H29F5N8O5/c1-25(7-8-25)44-23-21(37-45-38-23)22(41)36-20(14-3-5-26(28,29)6-4-14)16-11-40-19(34-16)9-15(10-33-40)17(13-43-2)39-12-18(27(30,31)32)35-24(39)42/h9-11,14,17,20H,3-8,12-13H2,1-2H3,(H,36,41)/t17-,20+/m1/s1. The van der Waals surface area contributed by atoms with Gasteiger partial charge in [-0.15, -0.1) is 0 Å². The van der Waals surface area contributed by atoms with Crippen LogP contribution >= 0.6 is 0 Å². The molecule has 1 N–H and O–H groups in total. The number of methoxy groups -OCH3 is 1. The summed E-state index contributed by atoms with van der Waals surface area (Å²) in [7, 11) is 1.34. The smallest absolute Gasteiger partial charge is 0.431 e. The Morgan fingerprint density at radius 3 is 2.58 bits per heavy atom. The number of imidazole rings is 1. The molecule has 0 aromatic carbocycles. The van der Waals surface area contributed by atoms with Crippen molar-refractivity contribution in [2.45, 2.75) is 75.2 Å². The normalized spacial score (nSPS) is 21.1. The summed E-state index contributed by atoms with van der Waals surface area (Å²) in [4.78, 5) is 34.5. The minimum absolute atomic E-state index is 0.0824. The Balaban J connectivity index is 1.29. The van der Waals surface area contributed by atoms with E-state index in [-0.39, 0.29) is 49.5 Å². The Morgan fingerprint density at radius 1 is 1.20 bits per heavy atom. The number of carbonyl (C=O) groups is 2. The van der Waals surface area contributed by atoms with Crippen molar-refractivity contribution < 1.29 is 45.6 Å². The molecule has 3 aromatic rings. The van der Waals surface area contributed by atoms with Crippen LogP contribution in [0.3, 0.4) is 0 Å². The molecular formula is C27H29F5N8O5. The quantitative estimate of drug-likeness (QED) is 0.317. The molecule has 2 atom stereocenters. The molecule has 0 radical (unpaired) electrons. The van der Waals surface area contributed by atoms with E-state index in [1.165, 1.54) is 30.1 Å². The SMILES string of the molecule is COC[C@H](c1cnn2cc([C@@H](NC(=O)c3nonc3OC3(C)CC3)C3CCC(F)(F)CC3)nc2c1)N1CC(C(F)(F)F)=NC1=O. The molecule has 4 heterocycles. The van der Waals surface area contributed by atoms with Gasteiger partial charge >= 0.3 is 12.2 Å². The molecule has 3 aliphatic rings. The minimum atomic E-state index is -4.77. The van der Waals surface area contributed by atoms with Crippen LogP contribution in [0.4, 0.5) is 26.7 Å². The average Bonchev–Trinajstić information content (AvgIpc) is 3.32. The number of aromatic nitrogens is 5. The Bertz CT molecular complexity index is 1620. The number of urea groups is 1. The van der Waals surface area contributed by atoms with Gasteiger partial charge in [0, 0.05) is 25.5 Å². The number of hydrogen-bond acceptors (Lipinski definition) is 9. The molecule has 18 heteroatoms. The van der Waals surface area contributed by atoms with Crippen LogP contribution in [0.2, 0.25) is 0 Å². The maximum absolute atomic E-state index is 14.1. The van der Waals surface area contributed by atoms with Gasteiger partial charge in [-0.25, -0.2) is 27.7 Å². The van der Waals surface area contributed by atoms with E-state index < -0.39 is 59.9 Å². The third kappa shape index (κ3) is 6.46. The van der Waals surface area contributed by atoms with E-state index in [1.54, 1.807) is 0 Å². The summed E-state index contributed by atoms with van der Waals surface area (Å²) in [5.41, 5.74) is -1.02. The first kappa shape index (κ1) is 30.8. The summed E-state index contributed by atoms with van der Waals surface area (Å²) in [6.07, 6.45) is -0.903. The van der Waals surface area contributed by atoms with E-state index in [9.17, 15) is 31.5 Å². The lowest BCUT2D eigenvalue weighted by Crippen LogP contribution is -2.37. The topological polar surface area (TPSA) is 149 Å². The highest BCUT2D eigenvalue weighted by atomic mass is 19.4. The van der Waals surface area contributed by atoms with E-state index in [2.05, 4.69) is 30.7 Å². The maximum Gasteiger partial charge on any atom is 0.431 e. The van der Waals surface area contributed by atoms with Crippen LogP contribution in [0.1, 0.15) is 79.3 Å². The Kier molecular flexibility index (Phi) is 7.73. The number of halogens is 5. The van der Waals surface area contributed by atoms with Crippen molar-refractivity contribution in [1.29, 1.82) is 0 Å². The van der Waals surface area contributed by atoms with Crippen LogP contribution in [0.5, 0.6) is 5.88 Å². The van der Waals surface area contributed by atoms with Gasteiger partial charge in [0.15, 0.2) is 5.65 Å². The molecule has 1 aliphatic heterocycles. The van der Waals surface area contributed by atoms with E-state index in [0.717, 1.165) is 17.7 Å². The predicted molar refractivity (Wildman–Crippen MR) is 143 cm³/mol. The van der Waals surface area contributed by atoms with Crippen LogP contribution in [0.25, 0.3) is 5.65 Å². The number of rotatable bonds is 10. The summed E-state index contributed by atoms with van der Waals surface area (Å²) >= 11 is 0. The van der Waals surface area contributed by atoms with Crippen LogP contribution in [0, 0.1) is 5.92 Å². The van der Waals surface area contributed by atoms with Crippen molar-refractivity contribution in [3.8, 4) is 5.88 Å². The molecule has 2 aliphatic carbocycles. The van der Waals surface area contributed by atoms with Gasteiger partial charge in [0.05, 0.1) is 43.3 Å². The van der Waals surface area contributed by atoms with Gasteiger partial charge < -0.3 is 19.7 Å². The number of amides is 3. The highest BCUT2D eigenvalue weighted by Crippen LogP contribution is 2.42. The molecule has 2 fully saturated rings. The number of carbonyl (C=O) groups excluding carboxylic acids is 2. The molecule has 0 spiro atoms. The fourth-order valence-corrected chi connectivity index (χ4v) is 5.54. The number of ether oxygens (including phenoxy) is 2. The first-order valence-corrected chi connectivity index (χ1v) is 14.2. The van der Waals surface area contributed by atoms with E-state index in [4.69, 9.17) is 14.1 Å². The summed E-state index contributed by atoms with van der Waals surface area (Å²) in [6.45, 7) is 0.941. The van der Waals surface area contributed by atoms with Gasteiger partial charge in [-0.3, -0.25) is 4.79 Å². The van der Waals surface area contributed by atoms with Crippen LogP contribution < -0.4 is 10.1 Å². The number of alkyl halides is 5. The average molecular weight is 641 g/mol. The second kappa shape index (κ2) is 11.3. The molecular weight excluding hydrogens is 611 g/mol. The van der Waals surface area contributed by atoms with Crippen molar-refractivity contribution in [2.75, 3.05) is 20.3 Å². The number of nitrogens with one attached hydrogen (secondary N) is 1. The fraction of sp³-hybridized carbons (Fsp3) is 0.593. The van der Waals surface area contributed by atoms with Crippen LogP contribution in [0.15, 0.2) is 28.1 Å². The predicted octanol–water partition coefficient (Wildman–Crippen LogP) is 4.47. The monoisotopic (exact) mass is 640 g/mol. The fourth-order valence-electron chi connectivity index (χ4n) is 5.54. The molecule has 6 rings (SSSR count). The highest BCUT2D eigenvalue weighted by Gasteiger charge is 2.45. The highest BCUT2D eigenvalue weighted by molar-refractivity contribution is 6.05. The Labute approximate surface area is 252 Å². The minimum Gasteiger partial charge on any atom is -0.467 e. The van der Waals surface area contributed by atoms with Gasteiger partial charge in [-0.05, 0) is 54.9 Å². The largest absolute Gasteiger partial charge is 0.467 e. The van der Waals surface area contributed by atoms with Gasteiger partial charge in [0.25, 0.3) is 11.8 Å². The summed E-state index contributed by atoms with van der Waals surface area (Å²) < 4.78 is 85.0. The van der Waals surface area contributed by atoms with Crippen molar-refractivity contribution >= 4 is 23.3 Å². The number of hydrogen-bond donors (Lipinski definition) is 1. The van der Waals surface area contributed by atoms with E-state index in [1.807, 2.05) is 6.92 Å². The first-order chi connectivity index (χ1) is 21.2. The Morgan fingerprint density at radius 2 is 1.93 bits per heavy atom. The molecule has 0 bridgehead atoms. The summed E-state index contributed by atoms with van der Waals surface area (Å²) in [6, 6.07) is -1.35. The Hall–Kier alpha value is -4.22. The van der Waals surface area contributed by atoms with Crippen molar-refractivity contribution in [1.82, 2.24) is 35.1 Å². The zero-order valence-corrected chi connectivity index (χ0v) is 24.2. The second-order valence-corrected chi connectivity index (χ2v) is 11.8. The van der Waals surface area contributed by atoms with E-state index >= 15 is 0 Å². The number of aliphatic imine (C=N–C) groups is 1. The summed E-state index contributed by atoms with van der Waals surface area (Å²) in [5, 5.41) is 14.6. The molecule has 2 saturated carbocycles. The lowest BCUT2D eigenvalue weighted by atomic mass is 9.81. The zero-order valence-electron chi connectivity index (χ0n) is 24.2. The molecule has 3 aromatic heterocycles. The molecule has 0 saturated heterocycles. The lowest BCUT2D eigenvalue weighted by Gasteiger charge is -2.33. The van der Waals surface area contributed by atoms with Crippen molar-refractivity contribution in [3.63, 3.8) is 0 Å². The molecule has 45 heavy (non-hydrogen) atoms. The zero-order chi connectivity index (χ0) is 32.1. The molecule has 0 unspecified atom stereocenters. The summed E-state index contributed by atoms with van der Waals surface area (Å²) in [5.74, 6) is -4.03. The number of nitrogens with zero attached hydrogens (tertiary/aromatic N) is 7. The number of fused-ring (bicyclic) bond motifs is 1. The third-order valence-corrected chi connectivity index (χ3v) is 8.38. The first-order valence-electron chi connectivity index (χ1n) is 14.2. The van der Waals surface area contributed by atoms with Gasteiger partial charge in [0.2, 0.25) is 11.6 Å². The van der Waals surface area contributed by atoms with Gasteiger partial charge in [-0.2, -0.15) is 23.3 Å². The lowest BCUT2D eigenvalue weighted by molar-refractivity contribution is -0.0603. The van der Waals surface area contributed by atoms with Crippen LogP contribution in [-0.4, -0.2) is 85.4 Å². The molecule has 13 nitrogen and oxygen atoms in total. The van der Waals surface area contributed by atoms with E-state index in [0.29, 0.717) is 11.3 Å². The second-order valence-electron chi connectivity index (χ2n) is 11.8.